The highest BCUT2D eigenvalue weighted by molar-refractivity contribution is 7.18. The summed E-state index contributed by atoms with van der Waals surface area (Å²) in [5.41, 5.74) is 0.222. The molecule has 0 saturated heterocycles. The Hall–Kier alpha value is -2.45. The lowest BCUT2D eigenvalue weighted by atomic mass is 10.1. The number of hydrogen-bond acceptors (Lipinski definition) is 5. The molecule has 0 saturated carbocycles. The Morgan fingerprint density at radius 2 is 2.16 bits per heavy atom. The van der Waals surface area contributed by atoms with E-state index in [0.717, 1.165) is 16.3 Å². The predicted molar refractivity (Wildman–Crippen MR) is 92.7 cm³/mol. The summed E-state index contributed by atoms with van der Waals surface area (Å²) in [5.74, 6) is -2.35. The summed E-state index contributed by atoms with van der Waals surface area (Å²) in [5, 5.41) is 15.3. The standard InChI is InChI=1S/C16H12ClF2N3O2S/c1-20-16(22-23)14-9(18)3-4-11(15(14)19)24-7-13-21-10-6-8(17)2-5-12(10)25-13/h2-6,23H,7H2,1H3,(H,20,22). The van der Waals surface area contributed by atoms with Crippen LogP contribution in [0.5, 0.6) is 5.75 Å². The van der Waals surface area contributed by atoms with E-state index in [4.69, 9.17) is 21.5 Å². The first-order valence-corrected chi connectivity index (χ1v) is 8.29. The molecule has 0 atom stereocenters. The van der Waals surface area contributed by atoms with Crippen molar-refractivity contribution in [2.24, 2.45) is 5.16 Å². The van der Waals surface area contributed by atoms with Gasteiger partial charge in [-0.1, -0.05) is 16.8 Å². The number of benzene rings is 2. The number of nitrogens with one attached hydrogen (secondary N) is 1. The number of aromatic nitrogens is 1. The molecule has 1 heterocycles. The molecule has 25 heavy (non-hydrogen) atoms. The van der Waals surface area contributed by atoms with Crippen LogP contribution in [0.1, 0.15) is 10.6 Å². The molecule has 2 aromatic carbocycles. The van der Waals surface area contributed by atoms with Crippen LogP contribution in [0.3, 0.4) is 0 Å². The molecule has 0 fully saturated rings. The van der Waals surface area contributed by atoms with Crippen LogP contribution >= 0.6 is 22.9 Å². The first kappa shape index (κ1) is 17.4. The minimum atomic E-state index is -0.966. The summed E-state index contributed by atoms with van der Waals surface area (Å²) in [7, 11) is 1.38. The number of hydrogen-bond donors (Lipinski definition) is 2. The van der Waals surface area contributed by atoms with Gasteiger partial charge in [0.1, 0.15) is 17.4 Å². The topological polar surface area (TPSA) is 66.7 Å². The van der Waals surface area contributed by atoms with Crippen molar-refractivity contribution >= 4 is 39.0 Å². The second-order valence-corrected chi connectivity index (χ2v) is 6.49. The van der Waals surface area contributed by atoms with Gasteiger partial charge in [-0.15, -0.1) is 11.3 Å². The van der Waals surface area contributed by atoms with Gasteiger partial charge in [0.05, 0.1) is 15.8 Å². The molecule has 2 N–H and O–H groups in total. The molecule has 0 unspecified atom stereocenters. The zero-order valence-electron chi connectivity index (χ0n) is 12.9. The van der Waals surface area contributed by atoms with Gasteiger partial charge in [0.2, 0.25) is 0 Å². The Morgan fingerprint density at radius 3 is 2.88 bits per heavy atom. The fraction of sp³-hybridized carbons (Fsp3) is 0.125. The summed E-state index contributed by atoms with van der Waals surface area (Å²) in [6.45, 7) is 0.00408. The molecule has 0 radical (unpaired) electrons. The van der Waals surface area contributed by atoms with Crippen molar-refractivity contribution in [2.75, 3.05) is 7.05 Å². The van der Waals surface area contributed by atoms with E-state index in [9.17, 15) is 8.78 Å². The molecule has 0 aliphatic rings. The van der Waals surface area contributed by atoms with Crippen molar-refractivity contribution < 1.29 is 18.7 Å². The maximum atomic E-state index is 14.5. The molecule has 9 heteroatoms. The average Bonchev–Trinajstić information content (AvgIpc) is 2.99. The van der Waals surface area contributed by atoms with Crippen LogP contribution in [-0.4, -0.2) is 23.1 Å². The van der Waals surface area contributed by atoms with E-state index in [1.807, 2.05) is 6.07 Å². The summed E-state index contributed by atoms with van der Waals surface area (Å²) >= 11 is 7.31. The first-order chi connectivity index (χ1) is 12.0. The van der Waals surface area contributed by atoms with Gasteiger partial charge in [-0.05, 0) is 30.3 Å². The van der Waals surface area contributed by atoms with E-state index in [-0.39, 0.29) is 18.2 Å². The number of fused-ring (bicyclic) bond motifs is 1. The molecular formula is C16H12ClF2N3O2S. The number of halogens is 3. The normalized spacial score (nSPS) is 11.8. The third-order valence-electron chi connectivity index (χ3n) is 3.37. The molecule has 130 valence electrons. The minimum Gasteiger partial charge on any atom is -0.483 e. The second kappa shape index (κ2) is 7.20. The summed E-state index contributed by atoms with van der Waals surface area (Å²) in [6, 6.07) is 7.53. The third-order valence-corrected chi connectivity index (χ3v) is 4.62. The molecule has 0 aliphatic heterocycles. The van der Waals surface area contributed by atoms with E-state index in [1.165, 1.54) is 24.5 Å². The lowest BCUT2D eigenvalue weighted by molar-refractivity contribution is 0.288. The third kappa shape index (κ3) is 3.49. The molecule has 0 bridgehead atoms. The smallest absolute Gasteiger partial charge is 0.179 e. The molecule has 3 rings (SSSR count). The second-order valence-electron chi connectivity index (χ2n) is 4.94. The van der Waals surface area contributed by atoms with Gasteiger partial charge < -0.3 is 15.3 Å². The van der Waals surface area contributed by atoms with Gasteiger partial charge in [0.25, 0.3) is 0 Å². The summed E-state index contributed by atoms with van der Waals surface area (Å²) in [4.78, 5) is 4.36. The highest BCUT2D eigenvalue weighted by Crippen LogP contribution is 2.28. The van der Waals surface area contributed by atoms with Crippen LogP contribution in [0.2, 0.25) is 5.02 Å². The van der Waals surface area contributed by atoms with Crippen LogP contribution in [0.15, 0.2) is 35.5 Å². The average molecular weight is 384 g/mol. The van der Waals surface area contributed by atoms with Crippen LogP contribution < -0.4 is 10.1 Å². The fourth-order valence-electron chi connectivity index (χ4n) is 2.24. The van der Waals surface area contributed by atoms with E-state index in [2.05, 4.69) is 15.5 Å². The molecule has 0 aliphatic carbocycles. The lowest BCUT2D eigenvalue weighted by Gasteiger charge is -2.11. The SMILES string of the molecule is CN/C(=N\O)c1c(F)ccc(OCc2nc3cc(Cl)ccc3s2)c1F. The summed E-state index contributed by atoms with van der Waals surface area (Å²) < 4.78 is 34.7. The quantitative estimate of drug-likeness (QED) is 0.307. The molecule has 5 nitrogen and oxygen atoms in total. The zero-order valence-corrected chi connectivity index (χ0v) is 14.5. The molecule has 0 spiro atoms. The van der Waals surface area contributed by atoms with Gasteiger partial charge in [-0.3, -0.25) is 0 Å². The number of rotatable bonds is 4. The number of ether oxygens (including phenoxy) is 1. The van der Waals surface area contributed by atoms with Crippen molar-refractivity contribution in [3.8, 4) is 5.75 Å². The van der Waals surface area contributed by atoms with E-state index in [0.29, 0.717) is 10.0 Å². The van der Waals surface area contributed by atoms with Crippen molar-refractivity contribution in [3.05, 3.63) is 57.6 Å². The molecule has 3 aromatic rings. The Bertz CT molecular complexity index is 962. The monoisotopic (exact) mass is 383 g/mol. The number of amidine groups is 1. The highest BCUT2D eigenvalue weighted by atomic mass is 35.5. The van der Waals surface area contributed by atoms with Gasteiger partial charge in [-0.2, -0.15) is 0 Å². The zero-order chi connectivity index (χ0) is 18.0. The van der Waals surface area contributed by atoms with Gasteiger partial charge in [-0.25, -0.2) is 13.8 Å². The van der Waals surface area contributed by atoms with E-state index < -0.39 is 17.2 Å². The maximum absolute atomic E-state index is 14.5. The van der Waals surface area contributed by atoms with Gasteiger partial charge in [0, 0.05) is 12.1 Å². The Morgan fingerprint density at radius 1 is 1.36 bits per heavy atom. The molecule has 0 amide bonds. The van der Waals surface area contributed by atoms with Crippen LogP contribution in [0.25, 0.3) is 10.2 Å². The maximum Gasteiger partial charge on any atom is 0.179 e. The Kier molecular flexibility index (Phi) is 5.00. The minimum absolute atomic E-state index is 0.00408. The highest BCUT2D eigenvalue weighted by Gasteiger charge is 2.20. The van der Waals surface area contributed by atoms with Crippen molar-refractivity contribution in [1.82, 2.24) is 10.3 Å². The number of nitrogens with zero attached hydrogens (tertiary/aromatic N) is 2. The molecule has 1 aromatic heterocycles. The van der Waals surface area contributed by atoms with Crippen molar-refractivity contribution in [3.63, 3.8) is 0 Å². The van der Waals surface area contributed by atoms with E-state index in [1.54, 1.807) is 12.1 Å². The Labute approximate surface area is 150 Å². The largest absolute Gasteiger partial charge is 0.483 e. The van der Waals surface area contributed by atoms with Crippen LogP contribution in [0.4, 0.5) is 8.78 Å². The van der Waals surface area contributed by atoms with Gasteiger partial charge in [0.15, 0.2) is 17.4 Å². The predicted octanol–water partition coefficient (Wildman–Crippen LogP) is 4.16. The van der Waals surface area contributed by atoms with Crippen molar-refractivity contribution in [2.45, 2.75) is 6.61 Å². The fourth-order valence-corrected chi connectivity index (χ4v) is 3.26. The molecular weight excluding hydrogens is 372 g/mol. The lowest BCUT2D eigenvalue weighted by Crippen LogP contribution is -2.22. The van der Waals surface area contributed by atoms with Crippen molar-refractivity contribution in [1.29, 1.82) is 0 Å². The van der Waals surface area contributed by atoms with Crippen LogP contribution in [0, 0.1) is 11.6 Å². The van der Waals surface area contributed by atoms with Gasteiger partial charge >= 0.3 is 0 Å². The number of oxime groups is 1. The summed E-state index contributed by atoms with van der Waals surface area (Å²) in [6.07, 6.45) is 0. The Balaban J connectivity index is 1.86. The number of thiazole rings is 1. The first-order valence-electron chi connectivity index (χ1n) is 7.09. The van der Waals surface area contributed by atoms with Crippen LogP contribution in [-0.2, 0) is 6.61 Å². The van der Waals surface area contributed by atoms with E-state index >= 15 is 0 Å².